The summed E-state index contributed by atoms with van der Waals surface area (Å²) in [5, 5.41) is 3.42. The summed E-state index contributed by atoms with van der Waals surface area (Å²) in [6.45, 7) is 9.52. The first kappa shape index (κ1) is 15.8. The number of nitrogens with zero attached hydrogens (tertiary/aromatic N) is 1. The van der Waals surface area contributed by atoms with Crippen LogP contribution in [0.3, 0.4) is 0 Å². The van der Waals surface area contributed by atoms with Gasteiger partial charge in [-0.15, -0.1) is 12.4 Å². The molecule has 106 valence electrons. The second-order valence-electron chi connectivity index (χ2n) is 6.26. The molecular weight excluding hydrogens is 248 g/mol. The van der Waals surface area contributed by atoms with Gasteiger partial charge in [-0.1, -0.05) is 13.8 Å². The van der Waals surface area contributed by atoms with E-state index >= 15 is 0 Å². The zero-order chi connectivity index (χ0) is 12.5. The van der Waals surface area contributed by atoms with Crippen molar-refractivity contribution in [3.8, 4) is 0 Å². The second-order valence-corrected chi connectivity index (χ2v) is 6.26. The summed E-state index contributed by atoms with van der Waals surface area (Å²) >= 11 is 0. The predicted octanol–water partition coefficient (Wildman–Crippen LogP) is 2.44. The molecule has 0 radical (unpaired) electrons. The highest BCUT2D eigenvalue weighted by Crippen LogP contribution is 2.28. The highest BCUT2D eigenvalue weighted by molar-refractivity contribution is 5.86. The zero-order valence-corrected chi connectivity index (χ0v) is 12.7. The Morgan fingerprint density at radius 1 is 1.39 bits per heavy atom. The third-order valence-electron chi connectivity index (χ3n) is 4.55. The molecule has 3 nitrogen and oxygen atoms in total. The summed E-state index contributed by atoms with van der Waals surface area (Å²) in [5.41, 5.74) is -0.288. The third kappa shape index (κ3) is 3.18. The molecule has 2 unspecified atom stereocenters. The molecule has 2 aliphatic rings. The molecule has 0 aliphatic carbocycles. The van der Waals surface area contributed by atoms with Crippen LogP contribution in [0, 0.1) is 11.8 Å². The Balaban J connectivity index is 0.00000162. The molecule has 2 rings (SSSR count). The first-order chi connectivity index (χ1) is 8.03. The van der Waals surface area contributed by atoms with Crippen molar-refractivity contribution in [3.05, 3.63) is 0 Å². The highest BCUT2D eigenvalue weighted by atomic mass is 35.5. The van der Waals surface area contributed by atoms with Crippen LogP contribution in [0.25, 0.3) is 0 Å². The Labute approximate surface area is 117 Å². The van der Waals surface area contributed by atoms with Gasteiger partial charge in [0.05, 0.1) is 5.54 Å². The Bertz CT molecular complexity index is 288. The first-order valence-corrected chi connectivity index (χ1v) is 7.07. The number of nitrogens with one attached hydrogen (secondary N) is 1. The molecule has 4 heteroatoms. The summed E-state index contributed by atoms with van der Waals surface area (Å²) in [6, 6.07) is 0. The van der Waals surface area contributed by atoms with E-state index in [0.717, 1.165) is 26.1 Å². The summed E-state index contributed by atoms with van der Waals surface area (Å²) in [7, 11) is 0. The molecule has 2 atom stereocenters. The molecule has 2 fully saturated rings. The summed E-state index contributed by atoms with van der Waals surface area (Å²) in [6.07, 6.45) is 4.56. The molecule has 0 aromatic heterocycles. The van der Waals surface area contributed by atoms with Gasteiger partial charge in [0.2, 0.25) is 5.91 Å². The lowest BCUT2D eigenvalue weighted by Crippen LogP contribution is -2.57. The van der Waals surface area contributed by atoms with Crippen LogP contribution >= 0.6 is 12.4 Å². The minimum Gasteiger partial charge on any atom is -0.341 e. The molecule has 0 bridgehead atoms. The zero-order valence-electron chi connectivity index (χ0n) is 11.9. The van der Waals surface area contributed by atoms with E-state index in [1.54, 1.807) is 0 Å². The first-order valence-electron chi connectivity index (χ1n) is 7.07. The quantitative estimate of drug-likeness (QED) is 0.839. The van der Waals surface area contributed by atoms with Crippen molar-refractivity contribution in [3.63, 3.8) is 0 Å². The van der Waals surface area contributed by atoms with E-state index in [2.05, 4.69) is 31.0 Å². The van der Waals surface area contributed by atoms with Crippen LogP contribution in [0.5, 0.6) is 0 Å². The predicted molar refractivity (Wildman–Crippen MR) is 77.0 cm³/mol. The maximum Gasteiger partial charge on any atom is 0.242 e. The van der Waals surface area contributed by atoms with Gasteiger partial charge in [0, 0.05) is 13.1 Å². The van der Waals surface area contributed by atoms with Crippen molar-refractivity contribution in [2.24, 2.45) is 11.8 Å². The number of likely N-dealkylation sites (tertiary alicyclic amines) is 1. The summed E-state index contributed by atoms with van der Waals surface area (Å²) in [4.78, 5) is 14.6. The van der Waals surface area contributed by atoms with Gasteiger partial charge in [-0.05, 0) is 51.0 Å². The van der Waals surface area contributed by atoms with Gasteiger partial charge in [0.1, 0.15) is 0 Å². The minimum atomic E-state index is -0.288. The van der Waals surface area contributed by atoms with Crippen LogP contribution in [-0.4, -0.2) is 36.0 Å². The van der Waals surface area contributed by atoms with Crippen LogP contribution in [-0.2, 0) is 4.79 Å². The van der Waals surface area contributed by atoms with Crippen molar-refractivity contribution in [1.82, 2.24) is 10.2 Å². The second kappa shape index (κ2) is 6.25. The number of rotatable bonds is 2. The Kier molecular flexibility index (Phi) is 5.47. The number of carbonyl (C=O) groups is 1. The largest absolute Gasteiger partial charge is 0.341 e. The van der Waals surface area contributed by atoms with E-state index in [0.29, 0.717) is 17.7 Å². The summed E-state index contributed by atoms with van der Waals surface area (Å²) in [5.74, 6) is 1.73. The maximum absolute atomic E-state index is 12.6. The molecule has 0 spiro atoms. The van der Waals surface area contributed by atoms with Gasteiger partial charge in [0.15, 0.2) is 0 Å². The van der Waals surface area contributed by atoms with Crippen molar-refractivity contribution >= 4 is 18.3 Å². The molecule has 2 saturated heterocycles. The Morgan fingerprint density at radius 2 is 2.11 bits per heavy atom. The number of piperidine rings is 1. The van der Waals surface area contributed by atoms with Crippen LogP contribution in [0.1, 0.15) is 46.5 Å². The molecular formula is C14H27ClN2O. The normalized spacial score (nSPS) is 32.4. The molecule has 1 amide bonds. The van der Waals surface area contributed by atoms with Crippen LogP contribution in [0.4, 0.5) is 0 Å². The molecule has 1 N–H and O–H groups in total. The lowest BCUT2D eigenvalue weighted by molar-refractivity contribution is -0.137. The van der Waals surface area contributed by atoms with Gasteiger partial charge < -0.3 is 10.2 Å². The van der Waals surface area contributed by atoms with E-state index in [1.807, 2.05) is 0 Å². The van der Waals surface area contributed by atoms with Crippen LogP contribution in [0.2, 0.25) is 0 Å². The number of hydrogen-bond acceptors (Lipinski definition) is 2. The average molecular weight is 275 g/mol. The Morgan fingerprint density at radius 3 is 2.61 bits per heavy atom. The molecule has 0 saturated carbocycles. The monoisotopic (exact) mass is 274 g/mol. The number of halogens is 1. The highest BCUT2D eigenvalue weighted by Gasteiger charge is 2.40. The maximum atomic E-state index is 12.6. The van der Waals surface area contributed by atoms with Gasteiger partial charge in [-0.3, -0.25) is 4.79 Å². The van der Waals surface area contributed by atoms with Crippen LogP contribution < -0.4 is 5.32 Å². The van der Waals surface area contributed by atoms with Crippen molar-refractivity contribution in [1.29, 1.82) is 0 Å². The average Bonchev–Trinajstić information content (AvgIpc) is 2.78. The van der Waals surface area contributed by atoms with E-state index in [4.69, 9.17) is 0 Å². The van der Waals surface area contributed by atoms with Gasteiger partial charge in [0.25, 0.3) is 0 Å². The topological polar surface area (TPSA) is 32.3 Å². The lowest BCUT2D eigenvalue weighted by atomic mass is 9.89. The molecule has 2 heterocycles. The standard InChI is InChI=1S/C14H26N2O.ClH/c1-11(2)12-6-9-16(10-12)13(17)14(3)7-4-5-8-15-14;/h11-12,15H,4-10H2,1-3H3;1H. The SMILES string of the molecule is CC(C)C1CCN(C(=O)C2(C)CCCCN2)C1.Cl. The smallest absolute Gasteiger partial charge is 0.242 e. The van der Waals surface area contributed by atoms with Crippen molar-refractivity contribution in [2.45, 2.75) is 52.0 Å². The fraction of sp³-hybridized carbons (Fsp3) is 0.929. The lowest BCUT2D eigenvalue weighted by Gasteiger charge is -2.36. The van der Waals surface area contributed by atoms with Gasteiger partial charge >= 0.3 is 0 Å². The molecule has 2 aliphatic heterocycles. The number of hydrogen-bond donors (Lipinski definition) is 1. The van der Waals surface area contributed by atoms with Crippen molar-refractivity contribution < 1.29 is 4.79 Å². The van der Waals surface area contributed by atoms with E-state index < -0.39 is 0 Å². The van der Waals surface area contributed by atoms with E-state index in [9.17, 15) is 4.79 Å². The van der Waals surface area contributed by atoms with Gasteiger partial charge in [-0.2, -0.15) is 0 Å². The summed E-state index contributed by atoms with van der Waals surface area (Å²) < 4.78 is 0. The van der Waals surface area contributed by atoms with Crippen molar-refractivity contribution in [2.75, 3.05) is 19.6 Å². The number of amides is 1. The molecule has 0 aromatic carbocycles. The molecule has 18 heavy (non-hydrogen) atoms. The molecule has 0 aromatic rings. The minimum absolute atomic E-state index is 0. The number of carbonyl (C=O) groups excluding carboxylic acids is 1. The van der Waals surface area contributed by atoms with E-state index in [1.165, 1.54) is 19.3 Å². The fourth-order valence-electron chi connectivity index (χ4n) is 3.10. The van der Waals surface area contributed by atoms with Gasteiger partial charge in [-0.25, -0.2) is 0 Å². The van der Waals surface area contributed by atoms with Crippen LogP contribution in [0.15, 0.2) is 0 Å². The Hall–Kier alpha value is -0.280. The third-order valence-corrected chi connectivity index (χ3v) is 4.55. The fourth-order valence-corrected chi connectivity index (χ4v) is 3.10. The van der Waals surface area contributed by atoms with E-state index in [-0.39, 0.29) is 17.9 Å².